The van der Waals surface area contributed by atoms with Crippen LogP contribution in [0.25, 0.3) is 22.3 Å². The van der Waals surface area contributed by atoms with Crippen molar-refractivity contribution in [2.24, 2.45) is 0 Å². The van der Waals surface area contributed by atoms with Crippen LogP contribution < -0.4 is 26.4 Å². The van der Waals surface area contributed by atoms with Crippen LogP contribution in [0.2, 0.25) is 0 Å². The zero-order chi connectivity index (χ0) is 21.3. The van der Waals surface area contributed by atoms with Gasteiger partial charge < -0.3 is 25.4 Å². The van der Waals surface area contributed by atoms with Gasteiger partial charge in [-0.05, 0) is 54.6 Å². The first kappa shape index (κ1) is 19.1. The Morgan fingerprint density at radius 2 is 1.53 bits per heavy atom. The first-order valence-electron chi connectivity index (χ1n) is 9.03. The van der Waals surface area contributed by atoms with Crippen molar-refractivity contribution in [3.8, 4) is 22.8 Å². The largest absolute Gasteiger partial charge is 0.497 e. The Morgan fingerprint density at radius 1 is 0.867 bits per heavy atom. The lowest BCUT2D eigenvalue weighted by atomic mass is 10.1. The van der Waals surface area contributed by atoms with E-state index in [1.165, 1.54) is 18.2 Å². The van der Waals surface area contributed by atoms with Gasteiger partial charge in [0.15, 0.2) is 5.43 Å². The highest BCUT2D eigenvalue weighted by atomic mass is 16.5. The van der Waals surface area contributed by atoms with Crippen LogP contribution in [-0.2, 0) is 0 Å². The minimum atomic E-state index is -0.578. The number of methoxy groups -OCH3 is 1. The van der Waals surface area contributed by atoms with Crippen LogP contribution in [0.3, 0.4) is 0 Å². The van der Waals surface area contributed by atoms with Crippen molar-refractivity contribution in [2.75, 3.05) is 18.6 Å². The second kappa shape index (κ2) is 7.63. The molecule has 0 aliphatic heterocycles. The highest BCUT2D eigenvalue weighted by molar-refractivity contribution is 5.93. The van der Waals surface area contributed by atoms with E-state index < -0.39 is 5.97 Å². The van der Waals surface area contributed by atoms with E-state index in [0.29, 0.717) is 45.2 Å². The van der Waals surface area contributed by atoms with Crippen molar-refractivity contribution in [3.05, 3.63) is 82.5 Å². The molecule has 0 atom stereocenters. The summed E-state index contributed by atoms with van der Waals surface area (Å²) in [5.74, 6) is 0.732. The maximum Gasteiger partial charge on any atom is 0.343 e. The Hall–Kier alpha value is -4.26. The van der Waals surface area contributed by atoms with E-state index in [1.54, 1.807) is 55.6 Å². The van der Waals surface area contributed by atoms with Crippen molar-refractivity contribution in [3.63, 3.8) is 0 Å². The molecule has 0 saturated carbocycles. The minimum absolute atomic E-state index is 0.163. The number of hydrogen-bond donors (Lipinski definition) is 2. The van der Waals surface area contributed by atoms with E-state index in [1.807, 2.05) is 0 Å². The van der Waals surface area contributed by atoms with Crippen LogP contribution in [-0.4, -0.2) is 13.1 Å². The molecule has 150 valence electrons. The first-order valence-corrected chi connectivity index (χ1v) is 9.03. The molecule has 0 amide bonds. The number of nitrogen functional groups attached to an aromatic ring is 2. The molecule has 1 heterocycles. The summed E-state index contributed by atoms with van der Waals surface area (Å²) in [4.78, 5) is 24.7. The van der Waals surface area contributed by atoms with Crippen LogP contribution in [0, 0.1) is 0 Å². The Kier molecular flexibility index (Phi) is 4.85. The molecular formula is C23H18N2O5. The highest BCUT2D eigenvalue weighted by Crippen LogP contribution is 2.27. The van der Waals surface area contributed by atoms with E-state index in [-0.39, 0.29) is 11.0 Å². The Labute approximate surface area is 171 Å². The molecule has 0 saturated heterocycles. The van der Waals surface area contributed by atoms with Gasteiger partial charge in [0.25, 0.3) is 0 Å². The number of fused-ring (bicyclic) bond motifs is 1. The summed E-state index contributed by atoms with van der Waals surface area (Å²) >= 11 is 0. The van der Waals surface area contributed by atoms with Crippen LogP contribution in [0.5, 0.6) is 11.5 Å². The lowest BCUT2D eigenvalue weighted by molar-refractivity contribution is 0.0735. The maximum absolute atomic E-state index is 12.4. The molecule has 7 heteroatoms. The number of esters is 1. The predicted octanol–water partition coefficient (Wildman–Crippen LogP) is 3.85. The topological polar surface area (TPSA) is 118 Å². The molecule has 4 rings (SSSR count). The third-order valence-electron chi connectivity index (χ3n) is 4.50. The van der Waals surface area contributed by atoms with Crippen molar-refractivity contribution >= 4 is 28.3 Å². The Morgan fingerprint density at radius 3 is 2.20 bits per heavy atom. The van der Waals surface area contributed by atoms with Crippen molar-refractivity contribution in [1.82, 2.24) is 0 Å². The summed E-state index contributed by atoms with van der Waals surface area (Å²) in [5.41, 5.74) is 13.3. The molecule has 3 aromatic carbocycles. The highest BCUT2D eigenvalue weighted by Gasteiger charge is 2.12. The molecule has 4 N–H and O–H groups in total. The summed E-state index contributed by atoms with van der Waals surface area (Å²) in [5, 5.41) is 0.464. The van der Waals surface area contributed by atoms with Crippen LogP contribution in [0.1, 0.15) is 10.4 Å². The fraction of sp³-hybridized carbons (Fsp3) is 0.0435. The summed E-state index contributed by atoms with van der Waals surface area (Å²) < 4.78 is 16.4. The monoisotopic (exact) mass is 402 g/mol. The van der Waals surface area contributed by atoms with Gasteiger partial charge in [-0.2, -0.15) is 0 Å². The number of nitrogens with two attached hydrogens (primary N) is 2. The van der Waals surface area contributed by atoms with Gasteiger partial charge in [0.2, 0.25) is 0 Å². The van der Waals surface area contributed by atoms with Gasteiger partial charge >= 0.3 is 5.97 Å². The second-order valence-corrected chi connectivity index (χ2v) is 6.64. The molecule has 1 aromatic heterocycles. The summed E-state index contributed by atoms with van der Waals surface area (Å²) in [6.45, 7) is 0. The number of hydrogen-bond acceptors (Lipinski definition) is 7. The van der Waals surface area contributed by atoms with Crippen LogP contribution in [0.4, 0.5) is 11.4 Å². The van der Waals surface area contributed by atoms with Gasteiger partial charge in [0, 0.05) is 29.1 Å². The van der Waals surface area contributed by atoms with E-state index in [9.17, 15) is 9.59 Å². The molecule has 0 aliphatic rings. The standard InChI is InChI=1S/C23H18N2O5/c1-28-18-6-7-19-20(26)12-21(30-22(19)11-18)13-2-4-17(5-3-13)29-23(27)14-8-15(24)10-16(25)9-14/h2-12H,24-25H2,1H3. The quantitative estimate of drug-likeness (QED) is 0.302. The average molecular weight is 402 g/mol. The van der Waals surface area contributed by atoms with Crippen LogP contribution in [0.15, 0.2) is 75.9 Å². The number of carbonyl (C=O) groups is 1. The summed E-state index contributed by atoms with van der Waals surface area (Å²) in [7, 11) is 1.54. The number of benzene rings is 3. The predicted molar refractivity (Wildman–Crippen MR) is 115 cm³/mol. The summed E-state index contributed by atoms with van der Waals surface area (Å²) in [6, 6.07) is 17.6. The molecular weight excluding hydrogens is 384 g/mol. The average Bonchev–Trinajstić information content (AvgIpc) is 2.73. The van der Waals surface area contributed by atoms with Crippen molar-refractivity contribution in [2.45, 2.75) is 0 Å². The van der Waals surface area contributed by atoms with Gasteiger partial charge in [-0.25, -0.2) is 4.79 Å². The fourth-order valence-electron chi connectivity index (χ4n) is 3.05. The normalized spacial score (nSPS) is 10.7. The second-order valence-electron chi connectivity index (χ2n) is 6.64. The molecule has 0 bridgehead atoms. The zero-order valence-corrected chi connectivity index (χ0v) is 16.0. The SMILES string of the molecule is COc1ccc2c(=O)cc(-c3ccc(OC(=O)c4cc(N)cc(N)c4)cc3)oc2c1. The number of ether oxygens (including phenoxy) is 2. The first-order chi connectivity index (χ1) is 14.4. The van der Waals surface area contributed by atoms with E-state index in [4.69, 9.17) is 25.4 Å². The molecule has 0 aliphatic carbocycles. The smallest absolute Gasteiger partial charge is 0.343 e. The van der Waals surface area contributed by atoms with Gasteiger partial charge in [-0.3, -0.25) is 4.79 Å². The van der Waals surface area contributed by atoms with Gasteiger partial charge in [-0.15, -0.1) is 0 Å². The van der Waals surface area contributed by atoms with Gasteiger partial charge in [0.05, 0.1) is 18.1 Å². The summed E-state index contributed by atoms with van der Waals surface area (Å²) in [6.07, 6.45) is 0. The molecule has 0 fully saturated rings. The fourth-order valence-corrected chi connectivity index (χ4v) is 3.05. The molecule has 0 radical (unpaired) electrons. The Balaban J connectivity index is 1.60. The minimum Gasteiger partial charge on any atom is -0.497 e. The molecule has 30 heavy (non-hydrogen) atoms. The third-order valence-corrected chi connectivity index (χ3v) is 4.50. The number of rotatable bonds is 4. The van der Waals surface area contributed by atoms with Gasteiger partial charge in [-0.1, -0.05) is 0 Å². The molecule has 0 spiro atoms. The number of carbonyl (C=O) groups excluding carboxylic acids is 1. The lowest BCUT2D eigenvalue weighted by Crippen LogP contribution is -2.09. The zero-order valence-electron chi connectivity index (χ0n) is 16.0. The lowest BCUT2D eigenvalue weighted by Gasteiger charge is -2.08. The van der Waals surface area contributed by atoms with Crippen molar-refractivity contribution < 1.29 is 18.7 Å². The van der Waals surface area contributed by atoms with E-state index in [0.717, 1.165) is 0 Å². The Bertz CT molecular complexity index is 1290. The van der Waals surface area contributed by atoms with E-state index >= 15 is 0 Å². The molecule has 0 unspecified atom stereocenters. The van der Waals surface area contributed by atoms with Gasteiger partial charge in [0.1, 0.15) is 22.8 Å². The number of anilines is 2. The van der Waals surface area contributed by atoms with Crippen LogP contribution >= 0.6 is 0 Å². The van der Waals surface area contributed by atoms with E-state index in [2.05, 4.69) is 0 Å². The third kappa shape index (κ3) is 3.81. The molecule has 4 aromatic rings. The van der Waals surface area contributed by atoms with Crippen molar-refractivity contribution in [1.29, 1.82) is 0 Å². The molecule has 7 nitrogen and oxygen atoms in total. The maximum atomic E-state index is 12.4.